The molecule has 7 heteroatoms. The second-order valence-corrected chi connectivity index (χ2v) is 8.47. The van der Waals surface area contributed by atoms with Gasteiger partial charge in [0, 0.05) is 19.0 Å². The van der Waals surface area contributed by atoms with Crippen molar-refractivity contribution in [3.63, 3.8) is 0 Å². The number of carbonyl (C=O) groups excluding carboxylic acids is 1. The van der Waals surface area contributed by atoms with Gasteiger partial charge in [-0.2, -0.15) is 0 Å². The second-order valence-electron chi connectivity index (χ2n) is 8.10. The Labute approximate surface area is 174 Å². The smallest absolute Gasteiger partial charge is 0.410 e. The predicted octanol–water partition coefficient (Wildman–Crippen LogP) is 6.00. The molecule has 2 atom stereocenters. The van der Waals surface area contributed by atoms with Crippen molar-refractivity contribution in [2.24, 2.45) is 5.92 Å². The minimum atomic E-state index is -0.753. The second kappa shape index (κ2) is 8.57. The van der Waals surface area contributed by atoms with Crippen molar-refractivity contribution in [1.29, 1.82) is 0 Å². The Hall–Kier alpha value is -2.34. The maximum Gasteiger partial charge on any atom is 0.410 e. The maximum atomic E-state index is 14.3. The third-order valence-electron chi connectivity index (χ3n) is 4.68. The zero-order valence-electron chi connectivity index (χ0n) is 16.6. The fraction of sp³-hybridized carbons (Fsp3) is 0.409. The molecular weight excluding hydrogens is 400 g/mol. The summed E-state index contributed by atoms with van der Waals surface area (Å²) in [6.07, 6.45) is -0.368. The summed E-state index contributed by atoms with van der Waals surface area (Å²) in [5.74, 6) is -1.95. The van der Waals surface area contributed by atoms with Crippen LogP contribution in [0, 0.1) is 17.6 Å². The maximum absolute atomic E-state index is 14.3. The van der Waals surface area contributed by atoms with Gasteiger partial charge in [0.15, 0.2) is 11.6 Å². The summed E-state index contributed by atoms with van der Waals surface area (Å²) in [5.41, 5.74) is 0.200. The van der Waals surface area contributed by atoms with Crippen molar-refractivity contribution < 1.29 is 23.0 Å². The van der Waals surface area contributed by atoms with Crippen LogP contribution in [0.25, 0.3) is 0 Å². The van der Waals surface area contributed by atoms with E-state index >= 15 is 0 Å². The van der Waals surface area contributed by atoms with Gasteiger partial charge in [-0.1, -0.05) is 41.9 Å². The van der Waals surface area contributed by atoms with Gasteiger partial charge in [0.2, 0.25) is 0 Å². The van der Waals surface area contributed by atoms with Gasteiger partial charge in [-0.15, -0.1) is 0 Å². The minimum Gasteiger partial charge on any atom is -0.481 e. The van der Waals surface area contributed by atoms with Gasteiger partial charge in [-0.25, -0.2) is 13.6 Å². The van der Waals surface area contributed by atoms with E-state index in [-0.39, 0.29) is 11.7 Å². The van der Waals surface area contributed by atoms with Crippen LogP contribution in [0.5, 0.6) is 5.75 Å². The average molecular weight is 424 g/mol. The molecule has 156 valence electrons. The lowest BCUT2D eigenvalue weighted by Crippen LogP contribution is -2.36. The normalized spacial score (nSPS) is 17.9. The van der Waals surface area contributed by atoms with Crippen LogP contribution in [0.3, 0.4) is 0 Å². The van der Waals surface area contributed by atoms with Crippen LogP contribution in [-0.4, -0.2) is 29.7 Å². The van der Waals surface area contributed by atoms with E-state index in [9.17, 15) is 13.6 Å². The Bertz CT molecular complexity index is 870. The minimum absolute atomic E-state index is 0.136. The highest BCUT2D eigenvalue weighted by Crippen LogP contribution is 2.39. The average Bonchev–Trinajstić information content (AvgIpc) is 3.14. The van der Waals surface area contributed by atoms with Gasteiger partial charge >= 0.3 is 6.09 Å². The quantitative estimate of drug-likeness (QED) is 0.566. The fourth-order valence-electron chi connectivity index (χ4n) is 3.35. The molecule has 1 aliphatic heterocycles. The van der Waals surface area contributed by atoms with Crippen molar-refractivity contribution in [1.82, 2.24) is 4.90 Å². The zero-order chi connectivity index (χ0) is 21.2. The first-order chi connectivity index (χ1) is 13.7. The first-order valence-electron chi connectivity index (χ1n) is 9.49. The molecule has 1 saturated heterocycles. The van der Waals surface area contributed by atoms with E-state index in [2.05, 4.69) is 0 Å². The van der Waals surface area contributed by atoms with Crippen molar-refractivity contribution >= 4 is 17.7 Å². The zero-order valence-corrected chi connectivity index (χ0v) is 17.4. The number of rotatable bonds is 4. The molecule has 29 heavy (non-hydrogen) atoms. The van der Waals surface area contributed by atoms with Gasteiger partial charge in [-0.3, -0.25) is 0 Å². The first kappa shape index (κ1) is 21.4. The standard InChI is InChI=1S/C22H24ClF2NO3/c1-22(2,3)29-21(27)26-12-11-15(13-26)19(14-7-5-4-6-8-14)28-20-17(25)10-9-16(24)18(20)23/h4-10,15,19H,11-13H2,1-3H3/t15-,19-/m0/s1. The molecule has 1 aliphatic rings. The lowest BCUT2D eigenvalue weighted by atomic mass is 9.94. The van der Waals surface area contributed by atoms with Gasteiger partial charge in [0.25, 0.3) is 0 Å². The first-order valence-corrected chi connectivity index (χ1v) is 9.86. The van der Waals surface area contributed by atoms with Crippen molar-refractivity contribution in [2.75, 3.05) is 13.1 Å². The summed E-state index contributed by atoms with van der Waals surface area (Å²) in [6.45, 7) is 6.30. The predicted molar refractivity (Wildman–Crippen MR) is 107 cm³/mol. The third-order valence-corrected chi connectivity index (χ3v) is 5.03. The molecule has 1 amide bonds. The lowest BCUT2D eigenvalue weighted by Gasteiger charge is -2.27. The van der Waals surface area contributed by atoms with Crippen LogP contribution in [0.2, 0.25) is 5.02 Å². The number of nitrogens with zero attached hydrogens (tertiary/aromatic N) is 1. The molecule has 2 aromatic carbocycles. The molecule has 0 spiro atoms. The SMILES string of the molecule is CC(C)(C)OC(=O)N1CC[C@H]([C@@H](Oc2c(F)ccc(F)c2Cl)c2ccccc2)C1. The molecule has 0 aliphatic carbocycles. The number of ether oxygens (including phenoxy) is 2. The van der Waals surface area contributed by atoms with E-state index in [1.54, 1.807) is 4.90 Å². The summed E-state index contributed by atoms with van der Waals surface area (Å²) in [6, 6.07) is 11.2. The molecule has 1 heterocycles. The largest absolute Gasteiger partial charge is 0.481 e. The summed E-state index contributed by atoms with van der Waals surface area (Å²) in [5, 5.41) is -0.395. The summed E-state index contributed by atoms with van der Waals surface area (Å²) in [7, 11) is 0. The molecule has 0 aromatic heterocycles. The lowest BCUT2D eigenvalue weighted by molar-refractivity contribution is 0.0272. The molecule has 2 aromatic rings. The number of likely N-dealkylation sites (tertiary alicyclic amines) is 1. The van der Waals surface area contributed by atoms with Gasteiger partial charge < -0.3 is 14.4 Å². The summed E-state index contributed by atoms with van der Waals surface area (Å²) < 4.78 is 39.6. The van der Waals surface area contributed by atoms with Gasteiger partial charge in [0.1, 0.15) is 22.5 Å². The highest BCUT2D eigenvalue weighted by atomic mass is 35.5. The number of hydrogen-bond acceptors (Lipinski definition) is 3. The Morgan fingerprint density at radius 3 is 2.45 bits per heavy atom. The van der Waals surface area contributed by atoms with E-state index in [1.165, 1.54) is 0 Å². The Balaban J connectivity index is 1.85. The molecule has 3 rings (SSSR count). The number of benzene rings is 2. The van der Waals surface area contributed by atoms with E-state index in [0.29, 0.717) is 19.5 Å². The monoisotopic (exact) mass is 423 g/mol. The van der Waals surface area contributed by atoms with Crippen LogP contribution < -0.4 is 4.74 Å². The Morgan fingerprint density at radius 2 is 1.79 bits per heavy atom. The molecule has 0 saturated carbocycles. The van der Waals surface area contributed by atoms with E-state index in [0.717, 1.165) is 17.7 Å². The number of carbonyl (C=O) groups is 1. The van der Waals surface area contributed by atoms with Crippen molar-refractivity contribution in [2.45, 2.75) is 38.9 Å². The molecular formula is C22H24ClF2NO3. The molecule has 0 bridgehead atoms. The highest BCUT2D eigenvalue weighted by Gasteiger charge is 2.36. The highest BCUT2D eigenvalue weighted by molar-refractivity contribution is 6.32. The van der Waals surface area contributed by atoms with Crippen LogP contribution in [0.15, 0.2) is 42.5 Å². The summed E-state index contributed by atoms with van der Waals surface area (Å²) in [4.78, 5) is 14.0. The summed E-state index contributed by atoms with van der Waals surface area (Å²) >= 11 is 5.96. The van der Waals surface area contributed by atoms with E-state index < -0.39 is 34.5 Å². The Morgan fingerprint density at radius 1 is 1.14 bits per heavy atom. The molecule has 0 unspecified atom stereocenters. The van der Waals surface area contributed by atoms with Crippen LogP contribution in [0.1, 0.15) is 38.9 Å². The third kappa shape index (κ3) is 5.18. The Kier molecular flexibility index (Phi) is 6.32. The van der Waals surface area contributed by atoms with Gasteiger partial charge in [-0.05, 0) is 44.9 Å². The van der Waals surface area contributed by atoms with E-state index in [4.69, 9.17) is 21.1 Å². The fourth-order valence-corrected chi connectivity index (χ4v) is 3.55. The topological polar surface area (TPSA) is 38.8 Å². The number of halogens is 3. The van der Waals surface area contributed by atoms with E-state index in [1.807, 2.05) is 51.1 Å². The molecule has 4 nitrogen and oxygen atoms in total. The van der Waals surface area contributed by atoms with Crippen LogP contribution in [0.4, 0.5) is 13.6 Å². The van der Waals surface area contributed by atoms with Crippen molar-refractivity contribution in [3.05, 3.63) is 64.7 Å². The molecule has 0 radical (unpaired) electrons. The number of amides is 1. The molecule has 1 fully saturated rings. The van der Waals surface area contributed by atoms with Crippen LogP contribution in [-0.2, 0) is 4.74 Å². The number of hydrogen-bond donors (Lipinski definition) is 0. The van der Waals surface area contributed by atoms with Crippen molar-refractivity contribution in [3.8, 4) is 5.75 Å². The van der Waals surface area contributed by atoms with Crippen LogP contribution >= 0.6 is 11.6 Å². The van der Waals surface area contributed by atoms with Gasteiger partial charge in [0.05, 0.1) is 0 Å². The molecule has 0 N–H and O–H groups in total.